The molecule has 2 aromatic rings. The van der Waals surface area contributed by atoms with Crippen LogP contribution in [0.5, 0.6) is 0 Å². The van der Waals surface area contributed by atoms with E-state index in [-0.39, 0.29) is 5.60 Å². The van der Waals surface area contributed by atoms with Crippen LogP contribution in [0.3, 0.4) is 0 Å². The second-order valence-electron chi connectivity index (χ2n) is 8.33. The fourth-order valence-corrected chi connectivity index (χ4v) is 4.84. The largest absolute Gasteiger partial charge is 0.370 e. The van der Waals surface area contributed by atoms with Gasteiger partial charge in [0.25, 0.3) is 0 Å². The summed E-state index contributed by atoms with van der Waals surface area (Å²) >= 11 is 1.85. The van der Waals surface area contributed by atoms with E-state index in [1.54, 1.807) is 4.90 Å². The van der Waals surface area contributed by atoms with Crippen LogP contribution in [0.2, 0.25) is 0 Å². The minimum absolute atomic E-state index is 0.175. The first-order valence-electron chi connectivity index (χ1n) is 10.2. The number of quaternary nitrogens is 1. The molecular formula is C22H30N3O2S+. The molecule has 2 aliphatic heterocycles. The number of benzene rings is 1. The van der Waals surface area contributed by atoms with E-state index in [0.29, 0.717) is 6.61 Å². The quantitative estimate of drug-likeness (QED) is 0.617. The first-order chi connectivity index (χ1) is 13.5. The van der Waals surface area contributed by atoms with E-state index in [9.17, 15) is 0 Å². The molecule has 28 heavy (non-hydrogen) atoms. The highest BCUT2D eigenvalue weighted by Gasteiger charge is 2.30. The molecule has 0 radical (unpaired) electrons. The minimum Gasteiger partial charge on any atom is -0.370 e. The smallest absolute Gasteiger partial charge is 0.160 e. The van der Waals surface area contributed by atoms with Crippen LogP contribution in [0.25, 0.3) is 11.4 Å². The molecule has 1 aromatic heterocycles. The van der Waals surface area contributed by atoms with Crippen LogP contribution in [-0.4, -0.2) is 54.2 Å². The van der Waals surface area contributed by atoms with Crippen LogP contribution in [0.4, 0.5) is 0 Å². The Morgan fingerprint density at radius 1 is 1.18 bits per heavy atom. The number of aromatic nitrogens is 2. The van der Waals surface area contributed by atoms with Crippen molar-refractivity contribution in [1.29, 1.82) is 0 Å². The monoisotopic (exact) mass is 400 g/mol. The van der Waals surface area contributed by atoms with Gasteiger partial charge in [-0.3, -0.25) is 0 Å². The number of nitrogens with one attached hydrogen (secondary N) is 1. The Morgan fingerprint density at radius 3 is 2.79 bits per heavy atom. The Hall–Kier alpha value is -1.47. The highest BCUT2D eigenvalue weighted by atomic mass is 32.2. The van der Waals surface area contributed by atoms with Crippen molar-refractivity contribution in [2.75, 3.05) is 38.6 Å². The summed E-state index contributed by atoms with van der Waals surface area (Å²) in [7, 11) is 0. The Balaban J connectivity index is 1.59. The van der Waals surface area contributed by atoms with Crippen LogP contribution in [-0.2, 0) is 22.5 Å². The van der Waals surface area contributed by atoms with Gasteiger partial charge in [-0.2, -0.15) is 0 Å². The van der Waals surface area contributed by atoms with Crippen molar-refractivity contribution in [3.8, 4) is 11.4 Å². The van der Waals surface area contributed by atoms with Crippen LogP contribution < -0.4 is 4.90 Å². The number of nitrogens with zero attached hydrogens (tertiary/aromatic N) is 2. The predicted octanol–water partition coefficient (Wildman–Crippen LogP) is 2.31. The SMILES string of the molecule is Cc1cccc(-c2nc3c(c(SCC[NH+]4CCOCC4)n2)COC(C)(C)C3)c1. The highest BCUT2D eigenvalue weighted by molar-refractivity contribution is 7.99. The molecule has 1 saturated heterocycles. The van der Waals surface area contributed by atoms with E-state index < -0.39 is 0 Å². The summed E-state index contributed by atoms with van der Waals surface area (Å²) in [5.41, 5.74) is 4.47. The number of morpholine rings is 1. The normalized spacial score (nSPS) is 19.4. The van der Waals surface area contributed by atoms with E-state index >= 15 is 0 Å². The Kier molecular flexibility index (Phi) is 6.01. The molecule has 1 aromatic carbocycles. The molecule has 0 spiro atoms. The number of ether oxygens (including phenoxy) is 2. The van der Waals surface area contributed by atoms with E-state index in [2.05, 4.69) is 45.0 Å². The van der Waals surface area contributed by atoms with Gasteiger partial charge in [-0.25, -0.2) is 9.97 Å². The number of aryl methyl sites for hydroxylation is 1. The molecule has 0 amide bonds. The zero-order chi connectivity index (χ0) is 19.6. The number of thioether (sulfide) groups is 1. The molecule has 0 atom stereocenters. The molecule has 0 bridgehead atoms. The predicted molar refractivity (Wildman–Crippen MR) is 112 cm³/mol. The van der Waals surface area contributed by atoms with Crippen molar-refractivity contribution < 1.29 is 14.4 Å². The van der Waals surface area contributed by atoms with Crippen LogP contribution in [0, 0.1) is 6.92 Å². The molecule has 3 heterocycles. The van der Waals surface area contributed by atoms with Crippen molar-refractivity contribution in [2.24, 2.45) is 0 Å². The van der Waals surface area contributed by atoms with Gasteiger partial charge in [0.2, 0.25) is 0 Å². The maximum Gasteiger partial charge on any atom is 0.160 e. The van der Waals surface area contributed by atoms with E-state index in [1.807, 2.05) is 11.8 Å². The summed E-state index contributed by atoms with van der Waals surface area (Å²) in [4.78, 5) is 11.5. The third kappa shape index (κ3) is 4.74. The van der Waals surface area contributed by atoms with Crippen LogP contribution in [0.1, 0.15) is 30.7 Å². The lowest BCUT2D eigenvalue weighted by molar-refractivity contribution is -0.905. The maximum absolute atomic E-state index is 6.08. The Bertz CT molecular complexity index is 835. The fourth-order valence-electron chi connectivity index (χ4n) is 3.76. The summed E-state index contributed by atoms with van der Waals surface area (Å²) in [6.07, 6.45) is 0.825. The molecule has 5 nitrogen and oxygen atoms in total. The molecule has 0 saturated carbocycles. The summed E-state index contributed by atoms with van der Waals surface area (Å²) in [6, 6.07) is 8.46. The molecule has 2 aliphatic rings. The van der Waals surface area contributed by atoms with Gasteiger partial charge in [0.05, 0.1) is 37.7 Å². The van der Waals surface area contributed by atoms with Gasteiger partial charge in [-0.15, -0.1) is 11.8 Å². The molecule has 150 valence electrons. The molecule has 6 heteroatoms. The lowest BCUT2D eigenvalue weighted by Gasteiger charge is -2.32. The van der Waals surface area contributed by atoms with Gasteiger partial charge >= 0.3 is 0 Å². The first kappa shape index (κ1) is 19.8. The average molecular weight is 401 g/mol. The molecule has 1 fully saturated rings. The zero-order valence-electron chi connectivity index (χ0n) is 17.1. The van der Waals surface area contributed by atoms with Crippen molar-refractivity contribution in [3.63, 3.8) is 0 Å². The lowest BCUT2D eigenvalue weighted by atomic mass is 9.96. The molecular weight excluding hydrogens is 370 g/mol. The highest BCUT2D eigenvalue weighted by Crippen LogP contribution is 2.33. The summed E-state index contributed by atoms with van der Waals surface area (Å²) < 4.78 is 11.5. The van der Waals surface area contributed by atoms with Gasteiger partial charge in [0, 0.05) is 23.3 Å². The van der Waals surface area contributed by atoms with Gasteiger partial charge in [0.15, 0.2) is 5.82 Å². The molecule has 1 N–H and O–H groups in total. The van der Waals surface area contributed by atoms with Crippen LogP contribution in [0.15, 0.2) is 29.3 Å². The van der Waals surface area contributed by atoms with Gasteiger partial charge in [0.1, 0.15) is 18.1 Å². The molecule has 0 aliphatic carbocycles. The second kappa shape index (κ2) is 8.49. The average Bonchev–Trinajstić information content (AvgIpc) is 2.67. The molecule has 0 unspecified atom stereocenters. The number of hydrogen-bond donors (Lipinski definition) is 1. The van der Waals surface area contributed by atoms with Crippen molar-refractivity contribution in [3.05, 3.63) is 41.1 Å². The number of rotatable bonds is 5. The first-order valence-corrected chi connectivity index (χ1v) is 11.1. The van der Waals surface area contributed by atoms with Crippen molar-refractivity contribution >= 4 is 11.8 Å². The minimum atomic E-state index is -0.175. The van der Waals surface area contributed by atoms with Gasteiger partial charge in [-0.05, 0) is 26.8 Å². The number of fused-ring (bicyclic) bond motifs is 1. The lowest BCUT2D eigenvalue weighted by Crippen LogP contribution is -3.14. The van der Waals surface area contributed by atoms with Crippen molar-refractivity contribution in [1.82, 2.24) is 9.97 Å². The zero-order valence-corrected chi connectivity index (χ0v) is 17.9. The van der Waals surface area contributed by atoms with E-state index in [0.717, 1.165) is 67.1 Å². The third-order valence-electron chi connectivity index (χ3n) is 5.43. The standard InChI is InChI=1S/C22H29N3O2S/c1-16-5-4-6-17(13-16)20-23-19-14-22(2,3)27-15-18(19)21(24-20)28-12-9-25-7-10-26-11-8-25/h4-6,13H,7-12,14-15H2,1-3H3/p+1. The van der Waals surface area contributed by atoms with Crippen LogP contribution >= 0.6 is 11.8 Å². The van der Waals surface area contributed by atoms with E-state index in [1.165, 1.54) is 11.1 Å². The Labute approximate surface area is 171 Å². The van der Waals surface area contributed by atoms with Gasteiger partial charge < -0.3 is 14.4 Å². The summed E-state index contributed by atoms with van der Waals surface area (Å²) in [5, 5.41) is 1.09. The Morgan fingerprint density at radius 2 is 2.00 bits per heavy atom. The summed E-state index contributed by atoms with van der Waals surface area (Å²) in [5.74, 6) is 1.89. The van der Waals surface area contributed by atoms with Gasteiger partial charge in [-0.1, -0.05) is 23.8 Å². The summed E-state index contributed by atoms with van der Waals surface area (Å²) in [6.45, 7) is 12.1. The van der Waals surface area contributed by atoms with Crippen molar-refractivity contribution in [2.45, 2.75) is 44.4 Å². The molecule has 4 rings (SSSR count). The maximum atomic E-state index is 6.08. The van der Waals surface area contributed by atoms with E-state index in [4.69, 9.17) is 19.4 Å². The number of hydrogen-bond acceptors (Lipinski definition) is 5. The fraction of sp³-hybridized carbons (Fsp3) is 0.545. The topological polar surface area (TPSA) is 48.7 Å². The third-order valence-corrected chi connectivity index (χ3v) is 6.45. The second-order valence-corrected chi connectivity index (χ2v) is 9.42.